The first-order chi connectivity index (χ1) is 8.84. The Morgan fingerprint density at radius 1 is 1.16 bits per heavy atom. The van der Waals surface area contributed by atoms with Crippen LogP contribution in [-0.4, -0.2) is 19.8 Å². The van der Waals surface area contributed by atoms with E-state index in [0.717, 1.165) is 0 Å². The summed E-state index contributed by atoms with van der Waals surface area (Å²) >= 11 is 0. The van der Waals surface area contributed by atoms with Crippen molar-refractivity contribution in [3.05, 3.63) is 42.5 Å². The van der Waals surface area contributed by atoms with E-state index in [-0.39, 0.29) is 10.8 Å². The van der Waals surface area contributed by atoms with E-state index in [1.807, 2.05) is 13.8 Å². The molecule has 0 spiro atoms. The van der Waals surface area contributed by atoms with Crippen molar-refractivity contribution in [1.29, 1.82) is 0 Å². The predicted molar refractivity (Wildman–Crippen MR) is 73.2 cm³/mol. The fourth-order valence-electron chi connectivity index (χ4n) is 1.43. The minimum Gasteiger partial charge on any atom is -0.441 e. The molecule has 0 N–H and O–H groups in total. The van der Waals surface area contributed by atoms with Crippen LogP contribution in [0.2, 0.25) is 0 Å². The Hall–Kier alpha value is -1.62. The number of benzene rings is 1. The van der Waals surface area contributed by atoms with Gasteiger partial charge in [-0.3, -0.25) is 4.79 Å². The molecule has 1 rings (SSSR count). The lowest BCUT2D eigenvalue weighted by molar-refractivity contribution is -0.141. The summed E-state index contributed by atoms with van der Waals surface area (Å²) in [5.74, 6) is -0.457. The van der Waals surface area contributed by atoms with E-state index in [1.54, 1.807) is 24.3 Å². The average Bonchev–Trinajstić information content (AvgIpc) is 2.34. The van der Waals surface area contributed by atoms with Crippen LogP contribution in [0.15, 0.2) is 47.4 Å². The SMILES string of the molecule is CC(=O)O[C@@H](/C=C/C(C)C)S(=O)(=O)c1ccccc1. The van der Waals surface area contributed by atoms with Crippen molar-refractivity contribution in [1.82, 2.24) is 0 Å². The lowest BCUT2D eigenvalue weighted by Crippen LogP contribution is -2.25. The fraction of sp³-hybridized carbons (Fsp3) is 0.357. The Kier molecular flexibility index (Phi) is 5.30. The highest BCUT2D eigenvalue weighted by atomic mass is 32.2. The van der Waals surface area contributed by atoms with Crippen LogP contribution in [-0.2, 0) is 19.4 Å². The van der Waals surface area contributed by atoms with Gasteiger partial charge in [0.05, 0.1) is 4.90 Å². The Bertz CT molecular complexity index is 544. The van der Waals surface area contributed by atoms with Crippen molar-refractivity contribution >= 4 is 15.8 Å². The van der Waals surface area contributed by atoms with Gasteiger partial charge >= 0.3 is 5.97 Å². The van der Waals surface area contributed by atoms with Gasteiger partial charge in [-0.1, -0.05) is 38.1 Å². The molecule has 0 bridgehead atoms. The number of hydrogen-bond acceptors (Lipinski definition) is 4. The zero-order chi connectivity index (χ0) is 14.5. The number of hydrogen-bond donors (Lipinski definition) is 0. The number of carbonyl (C=O) groups is 1. The minimum atomic E-state index is -3.72. The molecule has 0 aliphatic carbocycles. The molecule has 0 fully saturated rings. The van der Waals surface area contributed by atoms with Gasteiger partial charge in [0.15, 0.2) is 0 Å². The Morgan fingerprint density at radius 3 is 2.21 bits per heavy atom. The highest BCUT2D eigenvalue weighted by Crippen LogP contribution is 2.18. The second kappa shape index (κ2) is 6.52. The van der Waals surface area contributed by atoms with Crippen LogP contribution in [0.1, 0.15) is 20.8 Å². The standard InChI is InChI=1S/C14H18O4S/c1-11(2)9-10-14(18-12(3)15)19(16,17)13-7-5-4-6-8-13/h4-11,14H,1-3H3/b10-9+/t14-/m1/s1. The van der Waals surface area contributed by atoms with Crippen molar-refractivity contribution in [3.8, 4) is 0 Å². The number of rotatable bonds is 5. The minimum absolute atomic E-state index is 0.134. The van der Waals surface area contributed by atoms with Crippen LogP contribution < -0.4 is 0 Å². The summed E-state index contributed by atoms with van der Waals surface area (Å²) in [6.07, 6.45) is 3.11. The molecule has 0 aromatic heterocycles. The normalized spacial score (nSPS) is 13.7. The number of sulfone groups is 1. The molecule has 5 heteroatoms. The van der Waals surface area contributed by atoms with Crippen molar-refractivity contribution in [2.75, 3.05) is 0 Å². The molecule has 1 aromatic carbocycles. The van der Waals surface area contributed by atoms with E-state index in [1.165, 1.54) is 25.1 Å². The number of ether oxygens (including phenoxy) is 1. The summed E-state index contributed by atoms with van der Waals surface area (Å²) in [5, 5.41) is 0. The van der Waals surface area contributed by atoms with Gasteiger partial charge in [-0.05, 0) is 24.1 Å². The van der Waals surface area contributed by atoms with Gasteiger partial charge in [0, 0.05) is 6.92 Å². The summed E-state index contributed by atoms with van der Waals surface area (Å²) in [6.45, 7) is 5.02. The van der Waals surface area contributed by atoms with Gasteiger partial charge in [-0.2, -0.15) is 0 Å². The summed E-state index contributed by atoms with van der Waals surface area (Å²) in [7, 11) is -3.72. The highest BCUT2D eigenvalue weighted by molar-refractivity contribution is 7.92. The van der Waals surface area contributed by atoms with Gasteiger partial charge in [0.25, 0.3) is 0 Å². The van der Waals surface area contributed by atoms with Crippen LogP contribution in [0.4, 0.5) is 0 Å². The van der Waals surface area contributed by atoms with Crippen LogP contribution in [0.3, 0.4) is 0 Å². The fourth-order valence-corrected chi connectivity index (χ4v) is 2.79. The van der Waals surface area contributed by atoms with Gasteiger partial charge in [-0.25, -0.2) is 8.42 Å². The monoisotopic (exact) mass is 282 g/mol. The average molecular weight is 282 g/mol. The molecule has 0 saturated heterocycles. The van der Waals surface area contributed by atoms with E-state index >= 15 is 0 Å². The first-order valence-electron chi connectivity index (χ1n) is 5.98. The van der Waals surface area contributed by atoms with Crippen molar-refractivity contribution in [2.45, 2.75) is 31.1 Å². The Balaban J connectivity index is 3.13. The maximum absolute atomic E-state index is 12.4. The second-order valence-electron chi connectivity index (χ2n) is 4.46. The van der Waals surface area contributed by atoms with E-state index in [2.05, 4.69) is 0 Å². The molecule has 1 aromatic rings. The molecule has 0 heterocycles. The first kappa shape index (κ1) is 15.4. The summed E-state index contributed by atoms with van der Waals surface area (Å²) in [6, 6.07) is 7.95. The van der Waals surface area contributed by atoms with Crippen molar-refractivity contribution in [2.24, 2.45) is 5.92 Å². The molecule has 104 valence electrons. The molecule has 0 amide bonds. The molecular weight excluding hydrogens is 264 g/mol. The van der Waals surface area contributed by atoms with Gasteiger partial charge in [0.2, 0.25) is 15.3 Å². The number of allylic oxidation sites excluding steroid dienone is 1. The zero-order valence-electron chi connectivity index (χ0n) is 11.2. The molecule has 19 heavy (non-hydrogen) atoms. The molecule has 0 unspecified atom stereocenters. The summed E-state index contributed by atoms with van der Waals surface area (Å²) < 4.78 is 29.6. The number of carbonyl (C=O) groups excluding carboxylic acids is 1. The maximum atomic E-state index is 12.4. The van der Waals surface area contributed by atoms with Crippen LogP contribution in [0.25, 0.3) is 0 Å². The van der Waals surface area contributed by atoms with Gasteiger partial charge in [0.1, 0.15) is 0 Å². The molecule has 4 nitrogen and oxygen atoms in total. The second-order valence-corrected chi connectivity index (χ2v) is 6.49. The van der Waals surface area contributed by atoms with E-state index in [9.17, 15) is 13.2 Å². The quantitative estimate of drug-likeness (QED) is 0.615. The largest absolute Gasteiger partial charge is 0.441 e. The maximum Gasteiger partial charge on any atom is 0.304 e. The Labute approximate surface area is 114 Å². The first-order valence-corrected chi connectivity index (χ1v) is 7.53. The number of esters is 1. The van der Waals surface area contributed by atoms with Crippen LogP contribution in [0, 0.1) is 5.92 Å². The van der Waals surface area contributed by atoms with Gasteiger partial charge < -0.3 is 4.74 Å². The van der Waals surface area contributed by atoms with E-state index in [4.69, 9.17) is 4.74 Å². The van der Waals surface area contributed by atoms with Crippen LogP contribution in [0.5, 0.6) is 0 Å². The van der Waals surface area contributed by atoms with E-state index < -0.39 is 21.2 Å². The zero-order valence-corrected chi connectivity index (χ0v) is 12.1. The predicted octanol–water partition coefficient (Wildman–Crippen LogP) is 2.56. The van der Waals surface area contributed by atoms with E-state index in [0.29, 0.717) is 0 Å². The molecule has 0 aliphatic rings. The molecule has 1 atom stereocenters. The lowest BCUT2D eigenvalue weighted by Gasteiger charge is -2.14. The molecular formula is C14H18O4S. The van der Waals surface area contributed by atoms with Crippen molar-refractivity contribution in [3.63, 3.8) is 0 Å². The van der Waals surface area contributed by atoms with Gasteiger partial charge in [-0.15, -0.1) is 0 Å². The third-order valence-electron chi connectivity index (χ3n) is 2.31. The third kappa shape index (κ3) is 4.52. The highest BCUT2D eigenvalue weighted by Gasteiger charge is 2.27. The summed E-state index contributed by atoms with van der Waals surface area (Å²) in [4.78, 5) is 11.2. The molecule has 0 saturated carbocycles. The van der Waals surface area contributed by atoms with Crippen molar-refractivity contribution < 1.29 is 17.9 Å². The topological polar surface area (TPSA) is 60.4 Å². The lowest BCUT2D eigenvalue weighted by atomic mass is 10.2. The molecule has 0 aliphatic heterocycles. The van der Waals surface area contributed by atoms with Crippen LogP contribution >= 0.6 is 0 Å². The third-order valence-corrected chi connectivity index (χ3v) is 4.11. The summed E-state index contributed by atoms with van der Waals surface area (Å²) in [5.41, 5.74) is -1.28. The Morgan fingerprint density at radius 2 is 1.74 bits per heavy atom. The smallest absolute Gasteiger partial charge is 0.304 e. The molecule has 0 radical (unpaired) electrons.